The lowest BCUT2D eigenvalue weighted by Crippen LogP contribution is -2.48. The molecule has 0 atom stereocenters. The van der Waals surface area contributed by atoms with E-state index in [0.717, 1.165) is 16.9 Å². The number of para-hydroxylation sites is 1. The molecule has 0 aliphatic heterocycles. The average molecular weight is 383 g/mol. The third-order valence-electron chi connectivity index (χ3n) is 3.79. The predicted octanol–water partition coefficient (Wildman–Crippen LogP) is 2.85. The van der Waals surface area contributed by atoms with Crippen LogP contribution in [0.25, 0.3) is 0 Å². The zero-order valence-electron chi connectivity index (χ0n) is 17.1. The van der Waals surface area contributed by atoms with Crippen LogP contribution in [-0.2, 0) is 17.9 Å². The summed E-state index contributed by atoms with van der Waals surface area (Å²) in [4.78, 5) is 16.0. The smallest absolute Gasteiger partial charge is 0.239 e. The van der Waals surface area contributed by atoms with Crippen molar-refractivity contribution in [3.8, 4) is 5.75 Å². The highest BCUT2D eigenvalue weighted by atomic mass is 16.5. The Morgan fingerprint density at radius 2 is 1.61 bits per heavy atom. The molecule has 6 nitrogen and oxygen atoms in total. The maximum atomic E-state index is 11.9. The van der Waals surface area contributed by atoms with Crippen LogP contribution in [0.5, 0.6) is 5.75 Å². The summed E-state index contributed by atoms with van der Waals surface area (Å²) in [7, 11) is 1.68. The fourth-order valence-electron chi connectivity index (χ4n) is 2.47. The van der Waals surface area contributed by atoms with E-state index in [9.17, 15) is 4.79 Å². The van der Waals surface area contributed by atoms with Crippen molar-refractivity contribution in [3.63, 3.8) is 0 Å². The summed E-state index contributed by atoms with van der Waals surface area (Å²) >= 11 is 0. The number of hydrogen-bond donors (Lipinski definition) is 3. The molecule has 2 rings (SSSR count). The van der Waals surface area contributed by atoms with Gasteiger partial charge in [0.1, 0.15) is 12.4 Å². The molecule has 6 heteroatoms. The second-order valence-electron chi connectivity index (χ2n) is 7.50. The molecule has 0 heterocycles. The van der Waals surface area contributed by atoms with Gasteiger partial charge in [-0.1, -0.05) is 42.5 Å². The van der Waals surface area contributed by atoms with Gasteiger partial charge in [0.05, 0.1) is 6.54 Å². The number of carbonyl (C=O) groups is 1. The highest BCUT2D eigenvalue weighted by molar-refractivity contribution is 5.86. The summed E-state index contributed by atoms with van der Waals surface area (Å²) in [5.74, 6) is 1.37. The van der Waals surface area contributed by atoms with E-state index in [2.05, 4.69) is 33.1 Å². The van der Waals surface area contributed by atoms with Crippen molar-refractivity contribution in [2.75, 3.05) is 13.6 Å². The standard InChI is InChI=1S/C22H30N4O2/c1-22(2,3)26-20(27)15-25-21(23-4)24-14-17-10-12-18(13-11-17)16-28-19-8-6-5-7-9-19/h5-13H,14-16H2,1-4H3,(H,26,27)(H2,23,24,25). The molecule has 1 amide bonds. The second kappa shape index (κ2) is 10.3. The van der Waals surface area contributed by atoms with E-state index < -0.39 is 0 Å². The van der Waals surface area contributed by atoms with Gasteiger partial charge in [-0.25, -0.2) is 0 Å². The highest BCUT2D eigenvalue weighted by Gasteiger charge is 2.13. The van der Waals surface area contributed by atoms with Gasteiger partial charge in [-0.2, -0.15) is 0 Å². The molecule has 0 aliphatic rings. The number of guanidine groups is 1. The zero-order valence-corrected chi connectivity index (χ0v) is 17.1. The van der Waals surface area contributed by atoms with Gasteiger partial charge in [0, 0.05) is 19.1 Å². The first-order chi connectivity index (χ1) is 13.4. The van der Waals surface area contributed by atoms with Gasteiger partial charge in [0.2, 0.25) is 5.91 Å². The maximum Gasteiger partial charge on any atom is 0.239 e. The number of ether oxygens (including phenoxy) is 1. The molecule has 0 aliphatic carbocycles. The van der Waals surface area contributed by atoms with E-state index in [4.69, 9.17) is 4.74 Å². The number of rotatable bonds is 7. The first kappa shape index (κ1) is 21.3. The van der Waals surface area contributed by atoms with Crippen molar-refractivity contribution in [3.05, 3.63) is 65.7 Å². The average Bonchev–Trinajstić information content (AvgIpc) is 2.67. The van der Waals surface area contributed by atoms with Crippen LogP contribution in [0.1, 0.15) is 31.9 Å². The van der Waals surface area contributed by atoms with Gasteiger partial charge in [-0.3, -0.25) is 9.79 Å². The van der Waals surface area contributed by atoms with Crippen LogP contribution in [0, 0.1) is 0 Å². The second-order valence-corrected chi connectivity index (χ2v) is 7.50. The molecule has 0 radical (unpaired) electrons. The first-order valence-electron chi connectivity index (χ1n) is 9.37. The number of nitrogens with one attached hydrogen (secondary N) is 3. The fraction of sp³-hybridized carbons (Fsp3) is 0.364. The van der Waals surface area contributed by atoms with E-state index in [-0.39, 0.29) is 18.0 Å². The Balaban J connectivity index is 1.75. The van der Waals surface area contributed by atoms with Gasteiger partial charge in [-0.15, -0.1) is 0 Å². The SMILES string of the molecule is CN=C(NCC(=O)NC(C)(C)C)NCc1ccc(COc2ccccc2)cc1. The summed E-state index contributed by atoms with van der Waals surface area (Å²) in [6.45, 7) is 7.17. The van der Waals surface area contributed by atoms with Gasteiger partial charge in [-0.05, 0) is 44.0 Å². The van der Waals surface area contributed by atoms with E-state index >= 15 is 0 Å². The summed E-state index contributed by atoms with van der Waals surface area (Å²) in [6, 6.07) is 18.0. The van der Waals surface area contributed by atoms with Crippen LogP contribution in [0.15, 0.2) is 59.6 Å². The molecule has 2 aromatic carbocycles. The molecule has 28 heavy (non-hydrogen) atoms. The predicted molar refractivity (Wildman–Crippen MR) is 113 cm³/mol. The molecule has 3 N–H and O–H groups in total. The molecule has 2 aromatic rings. The van der Waals surface area contributed by atoms with Crippen LogP contribution in [-0.4, -0.2) is 31.0 Å². The van der Waals surface area contributed by atoms with Crippen molar-refractivity contribution in [1.82, 2.24) is 16.0 Å². The monoisotopic (exact) mass is 382 g/mol. The van der Waals surface area contributed by atoms with E-state index in [1.807, 2.05) is 63.2 Å². The Kier molecular flexibility index (Phi) is 7.87. The number of aliphatic imine (C=N–C) groups is 1. The number of carbonyl (C=O) groups excluding carboxylic acids is 1. The van der Waals surface area contributed by atoms with Crippen LogP contribution in [0.4, 0.5) is 0 Å². The first-order valence-corrected chi connectivity index (χ1v) is 9.37. The minimum Gasteiger partial charge on any atom is -0.489 e. The lowest BCUT2D eigenvalue weighted by molar-refractivity contribution is -0.121. The molecule has 0 saturated heterocycles. The zero-order chi connectivity index (χ0) is 20.4. The number of nitrogens with zero attached hydrogens (tertiary/aromatic N) is 1. The summed E-state index contributed by atoms with van der Waals surface area (Å²) < 4.78 is 5.75. The van der Waals surface area contributed by atoms with Crippen molar-refractivity contribution in [1.29, 1.82) is 0 Å². The molecule has 150 valence electrons. The largest absolute Gasteiger partial charge is 0.489 e. The summed E-state index contributed by atoms with van der Waals surface area (Å²) in [6.07, 6.45) is 0. The Labute approximate surface area is 167 Å². The highest BCUT2D eigenvalue weighted by Crippen LogP contribution is 2.12. The van der Waals surface area contributed by atoms with Crippen molar-refractivity contribution >= 4 is 11.9 Å². The van der Waals surface area contributed by atoms with Crippen LogP contribution in [0.2, 0.25) is 0 Å². The molecule has 0 bridgehead atoms. The summed E-state index contributed by atoms with van der Waals surface area (Å²) in [5, 5.41) is 9.13. The molecule has 0 spiro atoms. The molecule has 0 unspecified atom stereocenters. The summed E-state index contributed by atoms with van der Waals surface area (Å²) in [5.41, 5.74) is 1.97. The Morgan fingerprint density at radius 1 is 0.964 bits per heavy atom. The maximum absolute atomic E-state index is 11.9. The third kappa shape index (κ3) is 8.12. The Hall–Kier alpha value is -3.02. The van der Waals surface area contributed by atoms with Crippen LogP contribution < -0.4 is 20.7 Å². The third-order valence-corrected chi connectivity index (χ3v) is 3.79. The van der Waals surface area contributed by atoms with E-state index in [1.165, 1.54) is 0 Å². The number of hydrogen-bond acceptors (Lipinski definition) is 3. The Morgan fingerprint density at radius 3 is 2.21 bits per heavy atom. The lowest BCUT2D eigenvalue weighted by Gasteiger charge is -2.21. The quantitative estimate of drug-likeness (QED) is 0.508. The molecule has 0 saturated carbocycles. The fourth-order valence-corrected chi connectivity index (χ4v) is 2.47. The van der Waals surface area contributed by atoms with Gasteiger partial charge in [0.15, 0.2) is 5.96 Å². The molecular weight excluding hydrogens is 352 g/mol. The molecule has 0 aromatic heterocycles. The Bertz CT molecular complexity index is 765. The normalized spacial score (nSPS) is 11.6. The van der Waals surface area contributed by atoms with Crippen molar-refractivity contribution < 1.29 is 9.53 Å². The minimum absolute atomic E-state index is 0.0711. The van der Waals surface area contributed by atoms with Crippen molar-refractivity contribution in [2.24, 2.45) is 4.99 Å². The molecular formula is C22H30N4O2. The van der Waals surface area contributed by atoms with Gasteiger partial charge in [0.25, 0.3) is 0 Å². The van der Waals surface area contributed by atoms with Crippen LogP contribution in [0.3, 0.4) is 0 Å². The van der Waals surface area contributed by atoms with Gasteiger partial charge >= 0.3 is 0 Å². The van der Waals surface area contributed by atoms with E-state index in [0.29, 0.717) is 19.1 Å². The van der Waals surface area contributed by atoms with Crippen LogP contribution >= 0.6 is 0 Å². The lowest BCUT2D eigenvalue weighted by atomic mass is 10.1. The van der Waals surface area contributed by atoms with Gasteiger partial charge < -0.3 is 20.7 Å². The van der Waals surface area contributed by atoms with Crippen molar-refractivity contribution in [2.45, 2.75) is 39.5 Å². The number of amides is 1. The van der Waals surface area contributed by atoms with E-state index in [1.54, 1.807) is 7.05 Å². The topological polar surface area (TPSA) is 74.8 Å². The minimum atomic E-state index is -0.248. The number of benzene rings is 2. The molecule has 0 fully saturated rings.